The van der Waals surface area contributed by atoms with E-state index in [-0.39, 0.29) is 22.1 Å². The number of hydrogen-bond donors (Lipinski definition) is 1. The molecule has 20 heavy (non-hydrogen) atoms. The molecule has 0 spiro atoms. The second kappa shape index (κ2) is 10.9. The monoisotopic (exact) mass is 355 g/mol. The Labute approximate surface area is 126 Å². The van der Waals surface area contributed by atoms with Gasteiger partial charge in [0.05, 0.1) is 5.56 Å². The Kier molecular flexibility index (Phi) is 11.6. The van der Waals surface area contributed by atoms with Gasteiger partial charge in [0.25, 0.3) is 0 Å². The van der Waals surface area contributed by atoms with E-state index in [1.165, 1.54) is 13.1 Å². The third-order valence-corrected chi connectivity index (χ3v) is 2.49. The van der Waals surface area contributed by atoms with Crippen LogP contribution in [-0.4, -0.2) is 13.3 Å². The quantitative estimate of drug-likeness (QED) is 0.768. The van der Waals surface area contributed by atoms with Gasteiger partial charge in [-0.05, 0) is 24.7 Å². The Bertz CT molecular complexity index is 406. The van der Waals surface area contributed by atoms with Crippen LogP contribution in [0.5, 0.6) is 0 Å². The SMILES string of the molecule is CC.CC.CNCc1c(C=O)cc(Br)cc1C(F)(F)F. The van der Waals surface area contributed by atoms with Gasteiger partial charge >= 0.3 is 6.18 Å². The Morgan fingerprint density at radius 1 is 1.20 bits per heavy atom. The van der Waals surface area contributed by atoms with E-state index in [2.05, 4.69) is 21.2 Å². The smallest absolute Gasteiger partial charge is 0.316 e. The fraction of sp³-hybridized carbons (Fsp3) is 0.500. The van der Waals surface area contributed by atoms with Crippen LogP contribution in [0.2, 0.25) is 0 Å². The highest BCUT2D eigenvalue weighted by molar-refractivity contribution is 9.10. The van der Waals surface area contributed by atoms with Gasteiger partial charge < -0.3 is 5.32 Å². The number of benzene rings is 1. The lowest BCUT2D eigenvalue weighted by Gasteiger charge is -2.15. The molecule has 0 atom stereocenters. The highest BCUT2D eigenvalue weighted by Crippen LogP contribution is 2.35. The summed E-state index contributed by atoms with van der Waals surface area (Å²) in [7, 11) is 1.52. The minimum absolute atomic E-state index is 0.00377. The molecule has 0 amide bonds. The maximum Gasteiger partial charge on any atom is 0.416 e. The minimum atomic E-state index is -4.46. The first-order valence-corrected chi connectivity index (χ1v) is 7.19. The van der Waals surface area contributed by atoms with Crippen molar-refractivity contribution in [1.82, 2.24) is 5.32 Å². The van der Waals surface area contributed by atoms with Crippen LogP contribution in [0.1, 0.15) is 49.2 Å². The van der Waals surface area contributed by atoms with E-state index in [9.17, 15) is 18.0 Å². The molecular weight excluding hydrogens is 335 g/mol. The number of hydrogen-bond acceptors (Lipinski definition) is 2. The third-order valence-electron chi connectivity index (χ3n) is 2.04. The Morgan fingerprint density at radius 2 is 1.70 bits per heavy atom. The molecule has 0 aromatic heterocycles. The van der Waals surface area contributed by atoms with Gasteiger partial charge in [0.1, 0.15) is 6.29 Å². The molecule has 0 bridgehead atoms. The molecule has 0 saturated carbocycles. The lowest BCUT2D eigenvalue weighted by atomic mass is 10.0. The normalized spacial score (nSPS) is 9.85. The van der Waals surface area contributed by atoms with Crippen molar-refractivity contribution < 1.29 is 18.0 Å². The zero-order valence-electron chi connectivity index (χ0n) is 12.4. The summed E-state index contributed by atoms with van der Waals surface area (Å²) < 4.78 is 38.3. The maximum atomic E-state index is 12.7. The molecule has 0 saturated heterocycles. The number of carbonyl (C=O) groups excluding carboxylic acids is 1. The van der Waals surface area contributed by atoms with E-state index >= 15 is 0 Å². The minimum Gasteiger partial charge on any atom is -0.316 e. The van der Waals surface area contributed by atoms with Crippen molar-refractivity contribution in [1.29, 1.82) is 0 Å². The van der Waals surface area contributed by atoms with Crippen molar-refractivity contribution in [2.45, 2.75) is 40.4 Å². The van der Waals surface area contributed by atoms with Crippen molar-refractivity contribution in [3.8, 4) is 0 Å². The Morgan fingerprint density at radius 3 is 2.05 bits per heavy atom. The topological polar surface area (TPSA) is 29.1 Å². The summed E-state index contributed by atoms with van der Waals surface area (Å²) in [6, 6.07) is 2.34. The van der Waals surface area contributed by atoms with E-state index in [0.29, 0.717) is 6.29 Å². The second-order valence-corrected chi connectivity index (χ2v) is 4.08. The number of nitrogens with one attached hydrogen (secondary N) is 1. The van der Waals surface area contributed by atoms with E-state index in [4.69, 9.17) is 0 Å². The maximum absolute atomic E-state index is 12.7. The van der Waals surface area contributed by atoms with Gasteiger partial charge in [0.2, 0.25) is 0 Å². The van der Waals surface area contributed by atoms with Crippen LogP contribution in [0, 0.1) is 0 Å². The summed E-state index contributed by atoms with van der Waals surface area (Å²) in [5, 5.41) is 2.62. The first-order chi connectivity index (χ1) is 9.40. The Hall–Kier alpha value is -0.880. The first-order valence-electron chi connectivity index (χ1n) is 6.39. The van der Waals surface area contributed by atoms with E-state index in [1.807, 2.05) is 27.7 Å². The number of halogens is 4. The van der Waals surface area contributed by atoms with Crippen molar-refractivity contribution >= 4 is 22.2 Å². The largest absolute Gasteiger partial charge is 0.416 e. The van der Waals surface area contributed by atoms with Gasteiger partial charge in [-0.25, -0.2) is 0 Å². The molecule has 2 nitrogen and oxygen atoms in total. The number of carbonyl (C=O) groups is 1. The Balaban J connectivity index is 0. The molecule has 1 rings (SSSR count). The lowest BCUT2D eigenvalue weighted by Crippen LogP contribution is -2.16. The highest BCUT2D eigenvalue weighted by atomic mass is 79.9. The van der Waals surface area contributed by atoms with Crippen molar-refractivity contribution in [2.75, 3.05) is 7.05 Å². The van der Waals surface area contributed by atoms with Gasteiger partial charge in [-0.2, -0.15) is 13.2 Å². The molecule has 0 aliphatic rings. The summed E-state index contributed by atoms with van der Waals surface area (Å²) in [6.45, 7) is 8.00. The fourth-order valence-corrected chi connectivity index (χ4v) is 1.87. The molecule has 0 radical (unpaired) electrons. The summed E-state index contributed by atoms with van der Waals surface area (Å²) in [6.07, 6.45) is -4.04. The van der Waals surface area contributed by atoms with Crippen LogP contribution in [0.15, 0.2) is 16.6 Å². The first kappa shape index (κ1) is 21.4. The predicted molar refractivity (Wildman–Crippen MR) is 80.0 cm³/mol. The summed E-state index contributed by atoms with van der Waals surface area (Å²) in [4.78, 5) is 10.7. The predicted octanol–water partition coefficient (Wildman–Crippen LogP) is 5.05. The molecule has 0 unspecified atom stereocenters. The van der Waals surface area contributed by atoms with Crippen molar-refractivity contribution in [3.05, 3.63) is 33.3 Å². The van der Waals surface area contributed by atoms with Gasteiger partial charge in [-0.1, -0.05) is 43.6 Å². The summed E-state index contributed by atoms with van der Waals surface area (Å²) in [5.41, 5.74) is -0.789. The van der Waals surface area contributed by atoms with Crippen LogP contribution in [0.25, 0.3) is 0 Å². The van der Waals surface area contributed by atoms with Crippen LogP contribution < -0.4 is 5.32 Å². The standard InChI is InChI=1S/C10H9BrF3NO.2C2H6/c1-15-4-8-6(5-16)2-7(11)3-9(8)10(12,13)14;2*1-2/h2-3,5,15H,4H2,1H3;2*1-2H3. The third kappa shape index (κ3) is 6.52. The highest BCUT2D eigenvalue weighted by Gasteiger charge is 2.34. The zero-order valence-corrected chi connectivity index (χ0v) is 13.9. The lowest BCUT2D eigenvalue weighted by molar-refractivity contribution is -0.138. The number of aldehydes is 1. The van der Waals surface area contributed by atoms with E-state index in [0.717, 1.165) is 6.07 Å². The van der Waals surface area contributed by atoms with Gasteiger partial charge in [0, 0.05) is 16.6 Å². The molecule has 0 fully saturated rings. The molecule has 0 heterocycles. The molecule has 1 aromatic carbocycles. The number of rotatable bonds is 3. The molecular formula is C14H21BrF3NO. The average Bonchev–Trinajstić information content (AvgIpc) is 2.43. The van der Waals surface area contributed by atoms with Gasteiger partial charge in [-0.15, -0.1) is 0 Å². The van der Waals surface area contributed by atoms with Crippen LogP contribution in [-0.2, 0) is 12.7 Å². The molecule has 0 aliphatic carbocycles. The average molecular weight is 356 g/mol. The van der Waals surface area contributed by atoms with Crippen molar-refractivity contribution in [3.63, 3.8) is 0 Å². The molecule has 1 N–H and O–H groups in total. The van der Waals surface area contributed by atoms with Crippen LogP contribution in [0.3, 0.4) is 0 Å². The summed E-state index contributed by atoms with van der Waals surface area (Å²) >= 11 is 2.95. The molecule has 0 aliphatic heterocycles. The van der Waals surface area contributed by atoms with E-state index in [1.54, 1.807) is 0 Å². The molecule has 6 heteroatoms. The molecule has 1 aromatic rings. The van der Waals surface area contributed by atoms with Gasteiger partial charge in [0.15, 0.2) is 0 Å². The fourth-order valence-electron chi connectivity index (χ4n) is 1.39. The van der Waals surface area contributed by atoms with Gasteiger partial charge in [-0.3, -0.25) is 4.79 Å². The number of alkyl halides is 3. The second-order valence-electron chi connectivity index (χ2n) is 3.17. The van der Waals surface area contributed by atoms with Crippen molar-refractivity contribution in [2.24, 2.45) is 0 Å². The summed E-state index contributed by atoms with van der Waals surface area (Å²) in [5.74, 6) is 0. The van der Waals surface area contributed by atoms with Crippen LogP contribution in [0.4, 0.5) is 13.2 Å². The van der Waals surface area contributed by atoms with E-state index < -0.39 is 11.7 Å². The van der Waals surface area contributed by atoms with Crippen LogP contribution >= 0.6 is 15.9 Å². The zero-order chi connectivity index (χ0) is 16.3. The molecule has 116 valence electrons.